The van der Waals surface area contributed by atoms with Gasteiger partial charge in [0.2, 0.25) is 0 Å². The first kappa shape index (κ1) is 9.86. The molecule has 1 N–H and O–H groups in total. The molecule has 2 bridgehead atoms. The Morgan fingerprint density at radius 1 is 1.33 bits per heavy atom. The molecular weight excluding hydrogens is 184 g/mol. The predicted molar refractivity (Wildman–Crippen MR) is 62.7 cm³/mol. The largest absolute Gasteiger partial charge is 0.312 e. The summed E-state index contributed by atoms with van der Waals surface area (Å²) < 4.78 is 0. The maximum atomic E-state index is 3.52. The molecule has 0 aromatic carbocycles. The van der Waals surface area contributed by atoms with E-state index in [4.69, 9.17) is 0 Å². The molecule has 84 valence electrons. The van der Waals surface area contributed by atoms with Crippen molar-refractivity contribution in [3.63, 3.8) is 0 Å². The summed E-state index contributed by atoms with van der Waals surface area (Å²) in [4.78, 5) is 2.67. The molecule has 1 saturated heterocycles. The molecule has 2 nitrogen and oxygen atoms in total. The zero-order chi connectivity index (χ0) is 10.3. The second kappa shape index (κ2) is 3.91. The fraction of sp³-hybridized carbons (Fsp3) is 0.846. The van der Waals surface area contributed by atoms with Crippen LogP contribution >= 0.6 is 0 Å². The smallest absolute Gasteiger partial charge is 0.0167 e. The van der Waals surface area contributed by atoms with Crippen molar-refractivity contribution in [2.24, 2.45) is 17.8 Å². The first-order valence-corrected chi connectivity index (χ1v) is 6.45. The van der Waals surface area contributed by atoms with Crippen molar-refractivity contribution >= 4 is 0 Å². The maximum Gasteiger partial charge on any atom is 0.0167 e. The van der Waals surface area contributed by atoms with Crippen LogP contribution < -0.4 is 5.32 Å². The van der Waals surface area contributed by atoms with Crippen molar-refractivity contribution in [1.82, 2.24) is 10.2 Å². The molecule has 1 heterocycles. The number of nitrogens with zero attached hydrogens (tertiary/aromatic N) is 1. The highest BCUT2D eigenvalue weighted by atomic mass is 15.2. The van der Waals surface area contributed by atoms with Crippen molar-refractivity contribution in [3.8, 4) is 0 Å². The summed E-state index contributed by atoms with van der Waals surface area (Å²) in [7, 11) is 0. The van der Waals surface area contributed by atoms with E-state index in [0.29, 0.717) is 6.04 Å². The molecule has 2 fully saturated rings. The summed E-state index contributed by atoms with van der Waals surface area (Å²) in [5, 5.41) is 3.52. The van der Waals surface area contributed by atoms with Crippen molar-refractivity contribution in [2.45, 2.75) is 25.8 Å². The van der Waals surface area contributed by atoms with Gasteiger partial charge in [-0.25, -0.2) is 0 Å². The Kier molecular flexibility index (Phi) is 2.57. The SMILES string of the molecule is CC1CN(CC2CC3C=CC2C3)CCN1. The lowest BCUT2D eigenvalue weighted by molar-refractivity contribution is 0.168. The van der Waals surface area contributed by atoms with Crippen molar-refractivity contribution in [1.29, 1.82) is 0 Å². The third kappa shape index (κ3) is 1.98. The Labute approximate surface area is 92.7 Å². The highest BCUT2D eigenvalue weighted by Crippen LogP contribution is 2.43. The van der Waals surface area contributed by atoms with Gasteiger partial charge < -0.3 is 10.2 Å². The van der Waals surface area contributed by atoms with E-state index in [1.54, 1.807) is 0 Å². The third-order valence-electron chi connectivity index (χ3n) is 4.36. The minimum absolute atomic E-state index is 0.688. The summed E-state index contributed by atoms with van der Waals surface area (Å²) in [6.45, 7) is 7.32. The normalized spacial score (nSPS) is 45.1. The van der Waals surface area contributed by atoms with Crippen molar-refractivity contribution in [2.75, 3.05) is 26.2 Å². The molecular formula is C13H22N2. The number of rotatable bonds is 2. The number of hydrogen-bond donors (Lipinski definition) is 1. The van der Waals surface area contributed by atoms with Gasteiger partial charge in [0.15, 0.2) is 0 Å². The van der Waals surface area contributed by atoms with Crippen LogP contribution in [0.15, 0.2) is 12.2 Å². The Hall–Kier alpha value is -0.340. The van der Waals surface area contributed by atoms with Crippen molar-refractivity contribution < 1.29 is 0 Å². The van der Waals surface area contributed by atoms with Gasteiger partial charge in [-0.2, -0.15) is 0 Å². The quantitative estimate of drug-likeness (QED) is 0.689. The standard InChI is InChI=1S/C13H22N2/c1-10-8-15(5-4-14-10)9-13-7-11-2-3-12(13)6-11/h2-3,10-14H,4-9H2,1H3. The Morgan fingerprint density at radius 3 is 2.93 bits per heavy atom. The molecule has 0 aromatic heterocycles. The van der Waals surface area contributed by atoms with Gasteiger partial charge in [0.25, 0.3) is 0 Å². The highest BCUT2D eigenvalue weighted by Gasteiger charge is 2.36. The van der Waals surface area contributed by atoms with Crippen LogP contribution in [-0.4, -0.2) is 37.1 Å². The molecule has 0 spiro atoms. The molecule has 15 heavy (non-hydrogen) atoms. The van der Waals surface area contributed by atoms with Crippen molar-refractivity contribution in [3.05, 3.63) is 12.2 Å². The van der Waals surface area contributed by atoms with E-state index in [9.17, 15) is 0 Å². The van der Waals surface area contributed by atoms with Gasteiger partial charge in [0.1, 0.15) is 0 Å². The molecule has 2 aliphatic carbocycles. The molecule has 0 amide bonds. The Balaban J connectivity index is 1.55. The molecule has 4 unspecified atom stereocenters. The monoisotopic (exact) mass is 206 g/mol. The Morgan fingerprint density at radius 2 is 2.27 bits per heavy atom. The van der Waals surface area contributed by atoms with Gasteiger partial charge in [-0.3, -0.25) is 0 Å². The number of allylic oxidation sites excluding steroid dienone is 2. The van der Waals surface area contributed by atoms with Crippen LogP contribution in [0.25, 0.3) is 0 Å². The van der Waals surface area contributed by atoms with Gasteiger partial charge >= 0.3 is 0 Å². The number of hydrogen-bond acceptors (Lipinski definition) is 2. The number of piperazine rings is 1. The lowest BCUT2D eigenvalue weighted by atomic mass is 9.93. The van der Waals surface area contributed by atoms with E-state index >= 15 is 0 Å². The van der Waals surface area contributed by atoms with Crippen LogP contribution in [0.5, 0.6) is 0 Å². The average molecular weight is 206 g/mol. The van der Waals surface area contributed by atoms with Gasteiger partial charge in [-0.15, -0.1) is 0 Å². The van der Waals surface area contributed by atoms with E-state index in [1.165, 1.54) is 39.0 Å². The van der Waals surface area contributed by atoms with Gasteiger partial charge in [-0.05, 0) is 37.5 Å². The predicted octanol–water partition coefficient (Wildman–Crippen LogP) is 1.49. The van der Waals surface area contributed by atoms with Crippen LogP contribution in [0, 0.1) is 17.8 Å². The van der Waals surface area contributed by atoms with E-state index in [2.05, 4.69) is 29.3 Å². The Bertz CT molecular complexity index is 261. The molecule has 3 aliphatic rings. The summed E-state index contributed by atoms with van der Waals surface area (Å²) in [6, 6.07) is 0.688. The maximum absolute atomic E-state index is 3.52. The van der Waals surface area contributed by atoms with Crippen LogP contribution in [-0.2, 0) is 0 Å². The molecule has 0 aromatic rings. The van der Waals surface area contributed by atoms with Crippen LogP contribution in [0.4, 0.5) is 0 Å². The fourth-order valence-electron chi connectivity index (χ4n) is 3.61. The van der Waals surface area contributed by atoms with E-state index in [-0.39, 0.29) is 0 Å². The first-order chi connectivity index (χ1) is 7.31. The highest BCUT2D eigenvalue weighted by molar-refractivity contribution is 5.10. The lowest BCUT2D eigenvalue weighted by Crippen LogP contribution is -2.50. The van der Waals surface area contributed by atoms with Crippen LogP contribution in [0.3, 0.4) is 0 Å². The second-order valence-corrected chi connectivity index (χ2v) is 5.66. The minimum Gasteiger partial charge on any atom is -0.312 e. The number of fused-ring (bicyclic) bond motifs is 2. The molecule has 2 heteroatoms. The fourth-order valence-corrected chi connectivity index (χ4v) is 3.61. The van der Waals surface area contributed by atoms with Gasteiger partial charge in [-0.1, -0.05) is 12.2 Å². The summed E-state index contributed by atoms with van der Waals surface area (Å²) in [6.07, 6.45) is 7.83. The average Bonchev–Trinajstić information content (AvgIpc) is 2.79. The van der Waals surface area contributed by atoms with E-state index < -0.39 is 0 Å². The number of nitrogens with one attached hydrogen (secondary N) is 1. The summed E-state index contributed by atoms with van der Waals surface area (Å²) in [5.74, 6) is 2.81. The summed E-state index contributed by atoms with van der Waals surface area (Å²) >= 11 is 0. The molecule has 3 rings (SSSR count). The summed E-state index contributed by atoms with van der Waals surface area (Å²) in [5.41, 5.74) is 0. The molecule has 1 aliphatic heterocycles. The molecule has 1 saturated carbocycles. The van der Waals surface area contributed by atoms with Gasteiger partial charge in [0, 0.05) is 32.2 Å². The van der Waals surface area contributed by atoms with E-state index in [0.717, 1.165) is 17.8 Å². The zero-order valence-electron chi connectivity index (χ0n) is 9.65. The third-order valence-corrected chi connectivity index (χ3v) is 4.36. The first-order valence-electron chi connectivity index (χ1n) is 6.45. The molecule has 4 atom stereocenters. The second-order valence-electron chi connectivity index (χ2n) is 5.66. The zero-order valence-corrected chi connectivity index (χ0v) is 9.65. The van der Waals surface area contributed by atoms with E-state index in [1.807, 2.05) is 0 Å². The topological polar surface area (TPSA) is 15.3 Å². The van der Waals surface area contributed by atoms with Gasteiger partial charge in [0.05, 0.1) is 0 Å². The van der Waals surface area contributed by atoms with Crippen LogP contribution in [0.2, 0.25) is 0 Å². The minimum atomic E-state index is 0.688. The lowest BCUT2D eigenvalue weighted by Gasteiger charge is -2.34. The van der Waals surface area contributed by atoms with Crippen LogP contribution in [0.1, 0.15) is 19.8 Å². The molecule has 0 radical (unpaired) electrons.